The summed E-state index contributed by atoms with van der Waals surface area (Å²) in [6.07, 6.45) is 1.61. The zero-order valence-corrected chi connectivity index (χ0v) is 18.8. The van der Waals surface area contributed by atoms with Gasteiger partial charge in [0.15, 0.2) is 0 Å². The highest BCUT2D eigenvalue weighted by Gasteiger charge is 2.29. The minimum absolute atomic E-state index is 0.0500. The van der Waals surface area contributed by atoms with Crippen LogP contribution in [0.1, 0.15) is 24.4 Å². The molecule has 31 heavy (non-hydrogen) atoms. The van der Waals surface area contributed by atoms with Gasteiger partial charge in [-0.25, -0.2) is 8.42 Å². The van der Waals surface area contributed by atoms with Gasteiger partial charge in [-0.3, -0.25) is 10.1 Å². The highest BCUT2D eigenvalue weighted by atomic mass is 32.2. The number of rotatable bonds is 9. The van der Waals surface area contributed by atoms with Gasteiger partial charge < -0.3 is 15.0 Å². The molecule has 0 saturated carbocycles. The molecule has 2 aromatic carbocycles. The summed E-state index contributed by atoms with van der Waals surface area (Å²) in [6.45, 7) is 1.30. The quantitative estimate of drug-likeness (QED) is 0.464. The van der Waals surface area contributed by atoms with E-state index >= 15 is 0 Å². The highest BCUT2D eigenvalue weighted by Crippen LogP contribution is 2.31. The van der Waals surface area contributed by atoms with Crippen LogP contribution >= 0.6 is 0 Å². The second-order valence-corrected chi connectivity index (χ2v) is 9.62. The number of nitro groups is 1. The lowest BCUT2D eigenvalue weighted by Gasteiger charge is -2.25. The van der Waals surface area contributed by atoms with Crippen molar-refractivity contribution in [2.45, 2.75) is 23.8 Å². The summed E-state index contributed by atoms with van der Waals surface area (Å²) < 4.78 is 32.1. The van der Waals surface area contributed by atoms with E-state index in [0.717, 1.165) is 30.2 Å². The van der Waals surface area contributed by atoms with Crippen LogP contribution in [0.3, 0.4) is 0 Å². The van der Waals surface area contributed by atoms with Crippen LogP contribution in [0.15, 0.2) is 47.4 Å². The molecule has 1 saturated heterocycles. The van der Waals surface area contributed by atoms with E-state index < -0.39 is 14.9 Å². The Kier molecular flexibility index (Phi) is 7.14. The lowest BCUT2D eigenvalue weighted by Crippen LogP contribution is -2.28. The Balaban J connectivity index is 1.83. The lowest BCUT2D eigenvalue weighted by atomic mass is 10.1. The Hall–Kier alpha value is -2.69. The minimum atomic E-state index is -3.72. The second kappa shape index (κ2) is 9.63. The van der Waals surface area contributed by atoms with Gasteiger partial charge in [0.1, 0.15) is 11.4 Å². The number of benzene rings is 2. The first-order valence-electron chi connectivity index (χ1n) is 10.1. The van der Waals surface area contributed by atoms with Gasteiger partial charge in [-0.2, -0.15) is 4.31 Å². The van der Waals surface area contributed by atoms with Crippen molar-refractivity contribution < 1.29 is 18.1 Å². The van der Waals surface area contributed by atoms with Crippen LogP contribution in [0.5, 0.6) is 5.75 Å². The van der Waals surface area contributed by atoms with E-state index in [0.29, 0.717) is 19.6 Å². The fourth-order valence-corrected chi connectivity index (χ4v) is 5.22. The first-order chi connectivity index (χ1) is 14.7. The molecule has 0 amide bonds. The van der Waals surface area contributed by atoms with Crippen molar-refractivity contribution in [1.82, 2.24) is 9.21 Å². The summed E-state index contributed by atoms with van der Waals surface area (Å²) in [5.41, 5.74) is 1.05. The van der Waals surface area contributed by atoms with Crippen molar-refractivity contribution in [3.8, 4) is 5.75 Å². The molecule has 1 fully saturated rings. The molecule has 1 aliphatic rings. The van der Waals surface area contributed by atoms with Gasteiger partial charge >= 0.3 is 0 Å². The van der Waals surface area contributed by atoms with E-state index in [1.165, 1.54) is 16.4 Å². The fourth-order valence-electron chi connectivity index (χ4n) is 3.68. The Morgan fingerprint density at radius 3 is 2.35 bits per heavy atom. The maximum atomic E-state index is 12.8. The highest BCUT2D eigenvalue weighted by molar-refractivity contribution is 7.89. The van der Waals surface area contributed by atoms with Crippen LogP contribution in [0.2, 0.25) is 0 Å². The van der Waals surface area contributed by atoms with E-state index in [1.54, 1.807) is 7.11 Å². The van der Waals surface area contributed by atoms with Crippen LogP contribution < -0.4 is 10.1 Å². The number of sulfonamides is 1. The van der Waals surface area contributed by atoms with E-state index in [4.69, 9.17) is 4.74 Å². The molecule has 10 heteroatoms. The van der Waals surface area contributed by atoms with Crippen molar-refractivity contribution in [3.05, 3.63) is 58.1 Å². The fraction of sp³-hybridized carbons (Fsp3) is 0.429. The van der Waals surface area contributed by atoms with Crippen LogP contribution in [-0.4, -0.2) is 63.4 Å². The monoisotopic (exact) mass is 448 g/mol. The number of nitrogens with one attached hydrogen (secondary N) is 1. The van der Waals surface area contributed by atoms with Crippen molar-refractivity contribution in [2.75, 3.05) is 46.2 Å². The molecular weight excluding hydrogens is 420 g/mol. The number of hydrogen-bond acceptors (Lipinski definition) is 7. The molecule has 0 unspecified atom stereocenters. The number of ether oxygens (including phenoxy) is 1. The molecule has 1 atom stereocenters. The van der Waals surface area contributed by atoms with Crippen molar-refractivity contribution in [2.24, 2.45) is 0 Å². The molecule has 1 heterocycles. The molecule has 168 valence electrons. The van der Waals surface area contributed by atoms with Crippen LogP contribution in [0.25, 0.3) is 0 Å². The van der Waals surface area contributed by atoms with Gasteiger partial charge in [-0.1, -0.05) is 12.1 Å². The molecule has 0 bridgehead atoms. The number of anilines is 1. The van der Waals surface area contributed by atoms with E-state index in [-0.39, 0.29) is 22.3 Å². The zero-order chi connectivity index (χ0) is 22.6. The molecule has 0 aliphatic carbocycles. The van der Waals surface area contributed by atoms with E-state index in [2.05, 4.69) is 5.32 Å². The third-order valence-corrected chi connectivity index (χ3v) is 7.37. The number of nitro benzene ring substituents is 1. The predicted octanol–water partition coefficient (Wildman–Crippen LogP) is 3.10. The maximum absolute atomic E-state index is 12.8. The molecule has 2 aromatic rings. The normalized spacial score (nSPS) is 15.7. The van der Waals surface area contributed by atoms with Gasteiger partial charge in [0, 0.05) is 25.7 Å². The molecule has 0 spiro atoms. The zero-order valence-electron chi connectivity index (χ0n) is 17.9. The van der Waals surface area contributed by atoms with Gasteiger partial charge in [-0.05, 0) is 56.8 Å². The first kappa shape index (κ1) is 23.0. The van der Waals surface area contributed by atoms with Crippen LogP contribution in [0.4, 0.5) is 11.4 Å². The van der Waals surface area contributed by atoms with Gasteiger partial charge in [-0.15, -0.1) is 0 Å². The topological polar surface area (TPSA) is 105 Å². The average Bonchev–Trinajstić information content (AvgIpc) is 3.30. The minimum Gasteiger partial charge on any atom is -0.497 e. The summed E-state index contributed by atoms with van der Waals surface area (Å²) in [5.74, 6) is 0.750. The first-order valence-corrected chi connectivity index (χ1v) is 11.5. The summed E-state index contributed by atoms with van der Waals surface area (Å²) in [6, 6.07) is 11.6. The number of methoxy groups -OCH3 is 1. The summed E-state index contributed by atoms with van der Waals surface area (Å²) in [7, 11) is 1.73. The van der Waals surface area contributed by atoms with Gasteiger partial charge in [0.2, 0.25) is 10.0 Å². The van der Waals surface area contributed by atoms with Crippen molar-refractivity contribution >= 4 is 21.4 Å². The lowest BCUT2D eigenvalue weighted by molar-refractivity contribution is -0.384. The number of nitrogens with zero attached hydrogens (tertiary/aromatic N) is 3. The molecule has 1 aliphatic heterocycles. The molecule has 0 radical (unpaired) electrons. The Morgan fingerprint density at radius 2 is 1.81 bits per heavy atom. The van der Waals surface area contributed by atoms with E-state index in [9.17, 15) is 18.5 Å². The standard InChI is InChI=1S/C21H28N4O5S/c1-23(2)21(16-6-8-17(30-3)9-7-16)15-22-19-11-10-18(14-20(19)25(26)27)31(28,29)24-12-4-5-13-24/h6-11,14,21-22H,4-5,12-13,15H2,1-3H3/t21-/m0/s1. The largest absolute Gasteiger partial charge is 0.497 e. The molecular formula is C21H28N4O5S. The summed E-state index contributed by atoms with van der Waals surface area (Å²) >= 11 is 0. The Bertz CT molecular complexity index is 1020. The maximum Gasteiger partial charge on any atom is 0.293 e. The molecule has 1 N–H and O–H groups in total. The van der Waals surface area contributed by atoms with E-state index in [1.807, 2.05) is 43.3 Å². The SMILES string of the molecule is COc1ccc([C@H](CNc2ccc(S(=O)(=O)N3CCCC3)cc2[N+](=O)[O-])N(C)C)cc1. The van der Waals surface area contributed by atoms with Gasteiger partial charge in [0.05, 0.1) is 23.0 Å². The Morgan fingerprint density at radius 1 is 1.16 bits per heavy atom. The summed E-state index contributed by atoms with van der Waals surface area (Å²) in [4.78, 5) is 13.1. The summed E-state index contributed by atoms with van der Waals surface area (Å²) in [5, 5.41) is 14.8. The van der Waals surface area contributed by atoms with Crippen molar-refractivity contribution in [1.29, 1.82) is 0 Å². The smallest absolute Gasteiger partial charge is 0.293 e. The molecule has 3 rings (SSSR count). The molecule has 9 nitrogen and oxygen atoms in total. The predicted molar refractivity (Wildman–Crippen MR) is 119 cm³/mol. The van der Waals surface area contributed by atoms with Crippen LogP contribution in [0, 0.1) is 10.1 Å². The molecule has 0 aromatic heterocycles. The number of likely N-dealkylation sites (N-methyl/N-ethyl adjacent to an activating group) is 1. The third-order valence-electron chi connectivity index (χ3n) is 5.48. The van der Waals surface area contributed by atoms with Crippen LogP contribution in [-0.2, 0) is 10.0 Å². The third kappa shape index (κ3) is 5.15. The van der Waals surface area contributed by atoms with Crippen molar-refractivity contribution in [3.63, 3.8) is 0 Å². The number of hydrogen-bond donors (Lipinski definition) is 1. The Labute approximate surface area is 182 Å². The van der Waals surface area contributed by atoms with Gasteiger partial charge in [0.25, 0.3) is 5.69 Å². The second-order valence-electron chi connectivity index (χ2n) is 7.68. The average molecular weight is 449 g/mol.